The van der Waals surface area contributed by atoms with Gasteiger partial charge in [0, 0.05) is 0 Å². The first-order valence-electron chi connectivity index (χ1n) is 15.8. The summed E-state index contributed by atoms with van der Waals surface area (Å²) in [4.78, 5) is 0. The van der Waals surface area contributed by atoms with Crippen molar-refractivity contribution in [2.75, 3.05) is 0 Å². The quantitative estimate of drug-likeness (QED) is 0.237. The summed E-state index contributed by atoms with van der Waals surface area (Å²) in [7, 11) is 0. The van der Waals surface area contributed by atoms with E-state index in [9.17, 15) is 0 Å². The minimum Gasteiger partial charge on any atom is -0.405 e. The van der Waals surface area contributed by atoms with Gasteiger partial charge in [0.05, 0.1) is 0 Å². The maximum absolute atomic E-state index is 4.61. The van der Waals surface area contributed by atoms with Crippen LogP contribution in [0, 0.1) is 17.3 Å². The second-order valence-electron chi connectivity index (χ2n) is 10.6. The first kappa shape index (κ1) is 50.1. The highest BCUT2D eigenvalue weighted by atomic mass is 14.5. The SMILES string of the molecule is C=C(C)C(CCCC)C(C)C.C=C/C(C)=C/C=C(C)C.C=CC.C=CN.CC.CC.CCC1(C)CCCCC1. The van der Waals surface area contributed by atoms with E-state index >= 15 is 0 Å². The lowest BCUT2D eigenvalue weighted by molar-refractivity contribution is 0.208. The van der Waals surface area contributed by atoms with E-state index in [1.165, 1.54) is 80.7 Å². The molecule has 1 atom stereocenters. The number of allylic oxidation sites excluding steroid dienone is 7. The lowest BCUT2D eigenvalue weighted by Crippen LogP contribution is -2.18. The van der Waals surface area contributed by atoms with Gasteiger partial charge in [-0.3, -0.25) is 0 Å². The van der Waals surface area contributed by atoms with E-state index in [4.69, 9.17) is 0 Å². The number of unbranched alkanes of at least 4 members (excludes halogenated alkanes) is 1. The minimum atomic E-state index is 0.720. The molecular formula is C38H77N. The predicted molar refractivity (Wildman–Crippen MR) is 190 cm³/mol. The summed E-state index contributed by atoms with van der Waals surface area (Å²) < 4.78 is 0. The molecule has 0 spiro atoms. The van der Waals surface area contributed by atoms with Gasteiger partial charge in [0.1, 0.15) is 0 Å². The van der Waals surface area contributed by atoms with Crippen LogP contribution in [0.15, 0.2) is 73.5 Å². The summed E-state index contributed by atoms with van der Waals surface area (Å²) in [5.41, 5.74) is 9.21. The molecule has 39 heavy (non-hydrogen) atoms. The molecule has 1 saturated carbocycles. The molecule has 0 bridgehead atoms. The maximum Gasteiger partial charge on any atom is -0.0136 e. The summed E-state index contributed by atoms with van der Waals surface area (Å²) in [6.07, 6.45) is 21.7. The minimum absolute atomic E-state index is 0.720. The molecule has 1 fully saturated rings. The van der Waals surface area contributed by atoms with Gasteiger partial charge in [-0.1, -0.05) is 162 Å². The zero-order chi connectivity index (χ0) is 32.3. The number of hydrogen-bond donors (Lipinski definition) is 1. The highest BCUT2D eigenvalue weighted by molar-refractivity contribution is 5.21. The molecule has 0 saturated heterocycles. The molecule has 0 radical (unpaired) electrons. The van der Waals surface area contributed by atoms with Crippen molar-refractivity contribution in [2.45, 2.75) is 155 Å². The second kappa shape index (κ2) is 40.7. The van der Waals surface area contributed by atoms with E-state index in [1.54, 1.807) is 6.08 Å². The van der Waals surface area contributed by atoms with E-state index in [-0.39, 0.29) is 0 Å². The van der Waals surface area contributed by atoms with Crippen molar-refractivity contribution in [3.63, 3.8) is 0 Å². The van der Waals surface area contributed by atoms with Gasteiger partial charge in [0.15, 0.2) is 0 Å². The Morgan fingerprint density at radius 1 is 0.872 bits per heavy atom. The molecule has 1 aliphatic carbocycles. The third kappa shape index (κ3) is 46.5. The molecule has 0 heterocycles. The summed E-state index contributed by atoms with van der Waals surface area (Å²) in [6.45, 7) is 44.0. The predicted octanol–water partition coefficient (Wildman–Crippen LogP) is 13.8. The van der Waals surface area contributed by atoms with Gasteiger partial charge in [0.2, 0.25) is 0 Å². The molecule has 0 aromatic rings. The highest BCUT2D eigenvalue weighted by Gasteiger charge is 2.23. The third-order valence-electron chi connectivity index (χ3n) is 6.22. The Morgan fingerprint density at radius 3 is 1.51 bits per heavy atom. The normalized spacial score (nSPS) is 13.3. The van der Waals surface area contributed by atoms with Crippen molar-refractivity contribution in [1.82, 2.24) is 0 Å². The van der Waals surface area contributed by atoms with Crippen LogP contribution in [0.2, 0.25) is 0 Å². The van der Waals surface area contributed by atoms with Gasteiger partial charge in [-0.05, 0) is 77.3 Å². The fraction of sp³-hybridized carbons (Fsp3) is 0.684. The van der Waals surface area contributed by atoms with Crippen LogP contribution in [0.25, 0.3) is 0 Å². The van der Waals surface area contributed by atoms with Crippen LogP contribution in [0.5, 0.6) is 0 Å². The average Bonchev–Trinajstić information content (AvgIpc) is 2.91. The van der Waals surface area contributed by atoms with Crippen LogP contribution in [-0.4, -0.2) is 0 Å². The van der Waals surface area contributed by atoms with E-state index in [0.29, 0.717) is 0 Å². The Morgan fingerprint density at radius 2 is 1.28 bits per heavy atom. The topological polar surface area (TPSA) is 26.0 Å². The first-order valence-corrected chi connectivity index (χ1v) is 15.8. The van der Waals surface area contributed by atoms with Crippen LogP contribution in [0.4, 0.5) is 0 Å². The fourth-order valence-corrected chi connectivity index (χ4v) is 3.70. The Hall–Kier alpha value is -1.76. The van der Waals surface area contributed by atoms with Gasteiger partial charge in [-0.25, -0.2) is 0 Å². The second-order valence-corrected chi connectivity index (χ2v) is 10.6. The van der Waals surface area contributed by atoms with Crippen LogP contribution in [-0.2, 0) is 0 Å². The monoisotopic (exact) mass is 548 g/mol. The van der Waals surface area contributed by atoms with Gasteiger partial charge < -0.3 is 5.73 Å². The molecule has 1 aliphatic rings. The van der Waals surface area contributed by atoms with Crippen LogP contribution in [0.3, 0.4) is 0 Å². The van der Waals surface area contributed by atoms with Gasteiger partial charge in [-0.15, -0.1) is 6.58 Å². The molecule has 234 valence electrons. The summed E-state index contributed by atoms with van der Waals surface area (Å²) in [5.74, 6) is 1.51. The Kier molecular flexibility index (Phi) is 52.3. The number of rotatable bonds is 8. The summed E-state index contributed by atoms with van der Waals surface area (Å²) in [6, 6.07) is 0. The lowest BCUT2D eigenvalue weighted by Gasteiger charge is -2.32. The molecule has 0 aliphatic heterocycles. The molecule has 0 aromatic carbocycles. The molecular weight excluding hydrogens is 470 g/mol. The molecule has 1 nitrogen and oxygen atoms in total. The number of nitrogens with two attached hydrogens (primary N) is 1. The smallest absolute Gasteiger partial charge is 0.0136 e. The van der Waals surface area contributed by atoms with Crippen molar-refractivity contribution in [2.24, 2.45) is 23.0 Å². The van der Waals surface area contributed by atoms with Crippen LogP contribution >= 0.6 is 0 Å². The highest BCUT2D eigenvalue weighted by Crippen LogP contribution is 2.38. The molecule has 1 unspecified atom stereocenters. The molecule has 0 aromatic heterocycles. The van der Waals surface area contributed by atoms with Crippen molar-refractivity contribution in [3.8, 4) is 0 Å². The van der Waals surface area contributed by atoms with Gasteiger partial charge in [0.25, 0.3) is 0 Å². The van der Waals surface area contributed by atoms with E-state index < -0.39 is 0 Å². The molecule has 1 heteroatoms. The van der Waals surface area contributed by atoms with Crippen LogP contribution < -0.4 is 5.73 Å². The fourth-order valence-electron chi connectivity index (χ4n) is 3.70. The van der Waals surface area contributed by atoms with Crippen molar-refractivity contribution < 1.29 is 0 Å². The first-order chi connectivity index (χ1) is 18.4. The molecule has 2 N–H and O–H groups in total. The maximum atomic E-state index is 4.61. The Labute approximate surface area is 250 Å². The average molecular weight is 548 g/mol. The van der Waals surface area contributed by atoms with Crippen LogP contribution in [0.1, 0.15) is 155 Å². The lowest BCUT2D eigenvalue weighted by atomic mass is 9.74. The van der Waals surface area contributed by atoms with E-state index in [1.807, 2.05) is 47.6 Å². The van der Waals surface area contributed by atoms with Crippen molar-refractivity contribution in [3.05, 3.63) is 73.5 Å². The van der Waals surface area contributed by atoms with Gasteiger partial charge in [-0.2, -0.15) is 0 Å². The largest absolute Gasteiger partial charge is 0.405 e. The standard InChI is InChI=1S/C11H22.C9H18.C9H14.C3H6.C2H5N.2C2H6/c1-6-7-8-11(9(2)3)10(4)5;1-3-9(2)7-5-4-6-8-9;1-5-9(4)7-6-8(2)3;1-3-2;1-2-3;2*1-2/h10-11H,2,6-8H2,1,3-5H3;3-8H2,1-2H3;5-7H,1H2,2-4H3;3H,1H2,2H3;2H,1,3H2;2*1-2H3/b;;9-7+;;;;. The molecule has 0 amide bonds. The summed E-state index contributed by atoms with van der Waals surface area (Å²) >= 11 is 0. The molecule has 1 rings (SSSR count). The van der Waals surface area contributed by atoms with E-state index in [0.717, 1.165) is 17.3 Å². The zero-order valence-corrected chi connectivity index (χ0v) is 29.8. The Bertz CT molecular complexity index is 558. The van der Waals surface area contributed by atoms with Crippen molar-refractivity contribution >= 4 is 0 Å². The third-order valence-corrected chi connectivity index (χ3v) is 6.22. The Balaban J connectivity index is -0.0000000898. The van der Waals surface area contributed by atoms with Crippen molar-refractivity contribution in [1.29, 1.82) is 0 Å². The number of hydrogen-bond acceptors (Lipinski definition) is 1. The zero-order valence-electron chi connectivity index (χ0n) is 29.8. The van der Waals surface area contributed by atoms with E-state index in [2.05, 4.69) is 99.6 Å². The van der Waals surface area contributed by atoms with Gasteiger partial charge >= 0.3 is 0 Å². The summed E-state index contributed by atoms with van der Waals surface area (Å²) in [5, 5.41) is 0.